The Bertz CT molecular complexity index is 506. The van der Waals surface area contributed by atoms with Crippen molar-refractivity contribution >= 4 is 46.4 Å². The van der Waals surface area contributed by atoms with Gasteiger partial charge in [0.2, 0.25) is 0 Å². The van der Waals surface area contributed by atoms with Crippen LogP contribution < -0.4 is 16.6 Å². The number of hydrogen-bond donors (Lipinski definition) is 2. The second-order valence-electron chi connectivity index (χ2n) is 4.71. The molecule has 2 aliphatic rings. The van der Waals surface area contributed by atoms with Crippen LogP contribution in [0.5, 0.6) is 0 Å². The fourth-order valence-electron chi connectivity index (χ4n) is 2.84. The lowest BCUT2D eigenvalue weighted by atomic mass is 9.84. The molecule has 0 aliphatic carbocycles. The predicted molar refractivity (Wildman–Crippen MR) is 81.0 cm³/mol. The fourth-order valence-corrected chi connectivity index (χ4v) is 3.17. The topological polar surface area (TPSA) is 60.0 Å². The van der Waals surface area contributed by atoms with E-state index >= 15 is 0 Å². The molecule has 1 fully saturated rings. The van der Waals surface area contributed by atoms with Crippen LogP contribution in [0.4, 0.5) is 5.69 Å². The first-order chi connectivity index (χ1) is 7.66. The Kier molecular flexibility index (Phi) is 5.12. The number of pyridine rings is 1. The molecule has 3 rings (SSSR count). The van der Waals surface area contributed by atoms with Gasteiger partial charge >= 0.3 is 0 Å². The van der Waals surface area contributed by atoms with Crippen molar-refractivity contribution in [1.82, 2.24) is 9.88 Å². The molecule has 0 radical (unpaired) electrons. The molecular formula is C11H16BrCl2N3O. The van der Waals surface area contributed by atoms with Crippen LogP contribution in [0.25, 0.3) is 0 Å². The maximum absolute atomic E-state index is 12.1. The quantitative estimate of drug-likeness (QED) is 0.744. The monoisotopic (exact) mass is 355 g/mol. The molecule has 1 unspecified atom stereocenters. The Morgan fingerprint density at radius 1 is 1.39 bits per heavy atom. The molecule has 1 aromatic heterocycles. The third-order valence-corrected chi connectivity index (χ3v) is 4.40. The summed E-state index contributed by atoms with van der Waals surface area (Å²) in [6.07, 6.45) is 1.17. The van der Waals surface area contributed by atoms with Gasteiger partial charge in [0.25, 0.3) is 5.56 Å². The van der Waals surface area contributed by atoms with Gasteiger partial charge in [-0.1, -0.05) is 0 Å². The summed E-state index contributed by atoms with van der Waals surface area (Å²) in [6.45, 7) is 2.79. The minimum Gasteiger partial charge on any atom is -0.398 e. The van der Waals surface area contributed by atoms with E-state index in [0.717, 1.165) is 25.3 Å². The summed E-state index contributed by atoms with van der Waals surface area (Å²) in [4.78, 5) is 12.1. The van der Waals surface area contributed by atoms with Crippen molar-refractivity contribution in [3.05, 3.63) is 26.6 Å². The molecule has 102 valence electrons. The lowest BCUT2D eigenvalue weighted by Crippen LogP contribution is -2.45. The minimum absolute atomic E-state index is 0. The van der Waals surface area contributed by atoms with E-state index in [1.807, 2.05) is 10.6 Å². The van der Waals surface area contributed by atoms with E-state index in [1.165, 1.54) is 6.42 Å². The van der Waals surface area contributed by atoms with Crippen LogP contribution in [0.1, 0.15) is 18.0 Å². The third-order valence-electron chi connectivity index (χ3n) is 3.60. The molecule has 18 heavy (non-hydrogen) atoms. The summed E-state index contributed by atoms with van der Waals surface area (Å²) < 4.78 is 2.39. The van der Waals surface area contributed by atoms with E-state index in [-0.39, 0.29) is 30.4 Å². The number of rotatable bonds is 0. The molecule has 4 nitrogen and oxygen atoms in total. The average Bonchev–Trinajstić information content (AvgIpc) is 2.29. The van der Waals surface area contributed by atoms with Crippen molar-refractivity contribution in [2.24, 2.45) is 5.92 Å². The fraction of sp³-hybridized carbons (Fsp3) is 0.545. The molecule has 2 atom stereocenters. The van der Waals surface area contributed by atoms with Gasteiger partial charge in [0.15, 0.2) is 0 Å². The molecule has 0 spiro atoms. The van der Waals surface area contributed by atoms with Crippen LogP contribution in [0.3, 0.4) is 0 Å². The van der Waals surface area contributed by atoms with Crippen LogP contribution in [0.2, 0.25) is 0 Å². The van der Waals surface area contributed by atoms with Gasteiger partial charge in [0, 0.05) is 24.7 Å². The standard InChI is InChI=1S/C11H14BrN3O.2ClH/c12-10-8(13)2-9-7-1-6(3-14-4-7)5-15(9)11(10)16;;/h2,6-7,14H,1,3-5,13H2;2*1H/t6?,7-;;/m0../s1. The van der Waals surface area contributed by atoms with Gasteiger partial charge in [0.05, 0.1) is 5.69 Å². The number of aromatic nitrogens is 1. The summed E-state index contributed by atoms with van der Waals surface area (Å²) in [6, 6.07) is 1.94. The third kappa shape index (κ3) is 2.41. The van der Waals surface area contributed by atoms with Gasteiger partial charge in [-0.25, -0.2) is 0 Å². The number of nitrogen functional groups attached to an aromatic ring is 1. The van der Waals surface area contributed by atoms with Gasteiger partial charge < -0.3 is 15.6 Å². The van der Waals surface area contributed by atoms with E-state index in [0.29, 0.717) is 22.0 Å². The number of hydrogen-bond acceptors (Lipinski definition) is 3. The van der Waals surface area contributed by atoms with E-state index < -0.39 is 0 Å². The lowest BCUT2D eigenvalue weighted by Gasteiger charge is -2.37. The number of fused-ring (bicyclic) bond motifs is 4. The van der Waals surface area contributed by atoms with Crippen LogP contribution in [-0.4, -0.2) is 17.7 Å². The summed E-state index contributed by atoms with van der Waals surface area (Å²) >= 11 is 3.26. The highest BCUT2D eigenvalue weighted by molar-refractivity contribution is 9.10. The van der Waals surface area contributed by atoms with Gasteiger partial charge in [-0.3, -0.25) is 4.79 Å². The first kappa shape index (κ1) is 15.8. The van der Waals surface area contributed by atoms with Crippen LogP contribution in [0.15, 0.2) is 15.3 Å². The van der Waals surface area contributed by atoms with E-state index in [1.54, 1.807) is 0 Å². The Labute approximate surface area is 126 Å². The summed E-state index contributed by atoms with van der Waals surface area (Å²) in [5.41, 5.74) is 7.50. The van der Waals surface area contributed by atoms with Gasteiger partial charge in [-0.15, -0.1) is 24.8 Å². The average molecular weight is 357 g/mol. The SMILES string of the molecule is Cl.Cl.Nc1cc2n(c(=O)c1Br)CC1CNC[C@@H]2C1. The van der Waals surface area contributed by atoms with Gasteiger partial charge in [-0.2, -0.15) is 0 Å². The van der Waals surface area contributed by atoms with Crippen molar-refractivity contribution in [2.45, 2.75) is 18.9 Å². The number of halogens is 3. The molecule has 7 heteroatoms. The van der Waals surface area contributed by atoms with Crippen molar-refractivity contribution in [3.63, 3.8) is 0 Å². The lowest BCUT2D eigenvalue weighted by molar-refractivity contribution is 0.257. The zero-order valence-corrected chi connectivity index (χ0v) is 12.9. The maximum Gasteiger partial charge on any atom is 0.267 e. The van der Waals surface area contributed by atoms with E-state index in [9.17, 15) is 4.79 Å². The highest BCUT2D eigenvalue weighted by Crippen LogP contribution is 2.33. The number of nitrogens with one attached hydrogen (secondary N) is 1. The number of nitrogens with zero attached hydrogens (tertiary/aromatic N) is 1. The zero-order valence-electron chi connectivity index (χ0n) is 9.69. The minimum atomic E-state index is 0. The molecular weight excluding hydrogens is 341 g/mol. The first-order valence-corrected chi connectivity index (χ1v) is 6.35. The largest absolute Gasteiger partial charge is 0.398 e. The number of nitrogens with two attached hydrogens (primary N) is 1. The van der Waals surface area contributed by atoms with E-state index in [4.69, 9.17) is 5.73 Å². The molecule has 0 amide bonds. The smallest absolute Gasteiger partial charge is 0.267 e. The van der Waals surface area contributed by atoms with Crippen molar-refractivity contribution in [3.8, 4) is 0 Å². The normalized spacial score (nSPS) is 24.5. The second-order valence-corrected chi connectivity index (χ2v) is 5.50. The van der Waals surface area contributed by atoms with Crippen molar-refractivity contribution in [2.75, 3.05) is 18.8 Å². The summed E-state index contributed by atoms with van der Waals surface area (Å²) in [5, 5.41) is 3.41. The molecule has 1 saturated heterocycles. The predicted octanol–water partition coefficient (Wildman–Crippen LogP) is 1.74. The van der Waals surface area contributed by atoms with Crippen molar-refractivity contribution < 1.29 is 0 Å². The van der Waals surface area contributed by atoms with Crippen LogP contribution in [-0.2, 0) is 6.54 Å². The number of piperidine rings is 1. The van der Waals surface area contributed by atoms with Gasteiger partial charge in [-0.05, 0) is 40.9 Å². The molecule has 0 saturated carbocycles. The van der Waals surface area contributed by atoms with Crippen LogP contribution in [0, 0.1) is 5.92 Å². The molecule has 2 aliphatic heterocycles. The van der Waals surface area contributed by atoms with Gasteiger partial charge in [0.1, 0.15) is 4.47 Å². The summed E-state index contributed by atoms with van der Waals surface area (Å²) in [5.74, 6) is 1.02. The second kappa shape index (κ2) is 5.82. The Hall–Kier alpha value is -0.230. The van der Waals surface area contributed by atoms with Crippen molar-refractivity contribution in [1.29, 1.82) is 0 Å². The Morgan fingerprint density at radius 3 is 2.83 bits per heavy atom. The molecule has 3 N–H and O–H groups in total. The highest BCUT2D eigenvalue weighted by Gasteiger charge is 2.31. The summed E-state index contributed by atoms with van der Waals surface area (Å²) in [7, 11) is 0. The Morgan fingerprint density at radius 2 is 2.11 bits per heavy atom. The maximum atomic E-state index is 12.1. The number of anilines is 1. The molecule has 0 aromatic carbocycles. The molecule has 1 aromatic rings. The molecule has 3 heterocycles. The highest BCUT2D eigenvalue weighted by atomic mass is 79.9. The van der Waals surface area contributed by atoms with Crippen LogP contribution >= 0.6 is 40.7 Å². The Balaban J connectivity index is 0.000000810. The first-order valence-electron chi connectivity index (χ1n) is 5.56. The zero-order chi connectivity index (χ0) is 11.3. The molecule has 2 bridgehead atoms. The van der Waals surface area contributed by atoms with E-state index in [2.05, 4.69) is 21.2 Å².